The molecule has 0 amide bonds. The first-order valence-corrected chi connectivity index (χ1v) is 15.1. The average Bonchev–Trinajstić information content (AvgIpc) is 3.44. The molecule has 0 atom stereocenters. The molecule has 2 aromatic heterocycles. The molecule has 41 heavy (non-hydrogen) atoms. The van der Waals surface area contributed by atoms with E-state index in [0.29, 0.717) is 38.8 Å². The fourth-order valence-corrected chi connectivity index (χ4v) is 7.56. The molecule has 7 rings (SSSR count). The number of hydrogen-bond acceptors (Lipinski definition) is 1. The van der Waals surface area contributed by atoms with Gasteiger partial charge in [-0.25, -0.2) is 4.57 Å². The Balaban J connectivity index is 1.32. The molecule has 210 valence electrons. The summed E-state index contributed by atoms with van der Waals surface area (Å²) in [5.41, 5.74) is 6.57. The number of pyridine rings is 1. The zero-order chi connectivity index (χ0) is 34.9. The first kappa shape index (κ1) is 18.9. The van der Waals surface area contributed by atoms with Gasteiger partial charge < -0.3 is 4.42 Å². The van der Waals surface area contributed by atoms with Gasteiger partial charge in [-0.1, -0.05) is 61.7 Å². The minimum Gasteiger partial charge on any atom is -0.455 e. The molecule has 0 unspecified atom stereocenters. The van der Waals surface area contributed by atoms with Crippen LogP contribution in [0.4, 0.5) is 0 Å². The van der Waals surface area contributed by atoms with Gasteiger partial charge in [0.1, 0.15) is 18.2 Å². The Morgan fingerprint density at radius 2 is 1.59 bits per heavy atom. The van der Waals surface area contributed by atoms with E-state index >= 15 is 0 Å². The highest BCUT2D eigenvalue weighted by atomic mass is 16.3. The largest absolute Gasteiger partial charge is 0.455 e. The van der Waals surface area contributed by atoms with Crippen LogP contribution < -0.4 is 4.57 Å². The van der Waals surface area contributed by atoms with Crippen molar-refractivity contribution in [2.24, 2.45) is 12.5 Å². The molecule has 2 heterocycles. The van der Waals surface area contributed by atoms with Gasteiger partial charge in [-0.2, -0.15) is 0 Å². The summed E-state index contributed by atoms with van der Waals surface area (Å²) in [6, 6.07) is 17.4. The van der Waals surface area contributed by atoms with E-state index in [9.17, 15) is 1.37 Å². The molecule has 1 spiro atoms. The predicted octanol–water partition coefficient (Wildman–Crippen LogP) is 10.6. The molecular formula is C39H44NO+. The van der Waals surface area contributed by atoms with Crippen molar-refractivity contribution < 1.29 is 20.0 Å². The smallest absolute Gasteiger partial charge is 0.216 e. The lowest BCUT2D eigenvalue weighted by Gasteiger charge is -2.43. The highest BCUT2D eigenvalue weighted by Crippen LogP contribution is 2.51. The highest BCUT2D eigenvalue weighted by Gasteiger charge is 2.36. The average molecular weight is 551 g/mol. The molecule has 0 radical (unpaired) electrons. The van der Waals surface area contributed by atoms with Crippen LogP contribution in [-0.2, 0) is 7.05 Å². The van der Waals surface area contributed by atoms with Crippen molar-refractivity contribution >= 4 is 21.9 Å². The summed E-state index contributed by atoms with van der Waals surface area (Å²) < 4.78 is 75.6. The summed E-state index contributed by atoms with van der Waals surface area (Å²) >= 11 is 0. The van der Waals surface area contributed by atoms with Gasteiger partial charge in [-0.15, -0.1) is 0 Å². The van der Waals surface area contributed by atoms with Crippen LogP contribution in [0.25, 0.3) is 44.3 Å². The third kappa shape index (κ3) is 4.51. The Kier molecular flexibility index (Phi) is 4.69. The molecule has 0 N–H and O–H groups in total. The third-order valence-electron chi connectivity index (χ3n) is 10.1. The zero-order valence-corrected chi connectivity index (χ0v) is 24.2. The van der Waals surface area contributed by atoms with E-state index in [4.69, 9.17) is 14.0 Å². The minimum absolute atomic E-state index is 0.136. The van der Waals surface area contributed by atoms with Gasteiger partial charge in [0.15, 0.2) is 6.20 Å². The van der Waals surface area contributed by atoms with E-state index in [-0.39, 0.29) is 18.0 Å². The number of rotatable bonds is 3. The standard InChI is InChI=1S/C39H44NO/c1-25-9-14-34-33-16-15-32(28(4)37(33)41-38(34)36(25)35-23-26(2)27(3)24-40(35)5)31-12-10-29(11-13-31)30-17-21-39(22-18-30)19-7-6-8-20-39/h9-16,23-24,30H,6-8,17-22H2,1-5H3/q+1/i2D,3D3,4D3,30D. The fourth-order valence-electron chi connectivity index (χ4n) is 7.56. The molecule has 2 fully saturated rings. The van der Waals surface area contributed by atoms with Crippen molar-refractivity contribution in [1.29, 1.82) is 0 Å². The number of nitrogens with zero attached hydrogens (tertiary/aromatic N) is 1. The molecule has 5 aromatic rings. The Morgan fingerprint density at radius 1 is 0.829 bits per heavy atom. The van der Waals surface area contributed by atoms with Gasteiger partial charge in [0.2, 0.25) is 5.69 Å². The van der Waals surface area contributed by atoms with E-state index in [1.807, 2.05) is 55.5 Å². The molecule has 0 aliphatic heterocycles. The summed E-state index contributed by atoms with van der Waals surface area (Å²) in [7, 11) is 1.78. The normalized spacial score (nSPS) is 21.8. The van der Waals surface area contributed by atoms with Crippen molar-refractivity contribution in [3.63, 3.8) is 0 Å². The van der Waals surface area contributed by atoms with Crippen molar-refractivity contribution in [2.45, 2.75) is 91.2 Å². The van der Waals surface area contributed by atoms with Crippen LogP contribution in [0.3, 0.4) is 0 Å². The molecule has 2 saturated carbocycles. The summed E-state index contributed by atoms with van der Waals surface area (Å²) in [6.07, 6.45) is 12.1. The van der Waals surface area contributed by atoms with Gasteiger partial charge in [0.25, 0.3) is 0 Å². The van der Waals surface area contributed by atoms with Crippen LogP contribution >= 0.6 is 0 Å². The van der Waals surface area contributed by atoms with Crippen molar-refractivity contribution in [3.8, 4) is 22.4 Å². The van der Waals surface area contributed by atoms with E-state index in [1.165, 1.54) is 32.1 Å². The molecule has 2 aliphatic rings. The highest BCUT2D eigenvalue weighted by molar-refractivity contribution is 6.11. The molecule has 2 heteroatoms. The number of aryl methyl sites for hydroxylation is 5. The van der Waals surface area contributed by atoms with Gasteiger partial charge in [-0.05, 0) is 111 Å². The van der Waals surface area contributed by atoms with Crippen LogP contribution in [-0.4, -0.2) is 0 Å². The SMILES string of the molecule is [2H]Cc1cc(-c2c(C)ccc3c2oc2c(C([2H])([2H])[2H])c(-c4ccc(C5([2H])CCC6(CCCCC6)CC5)cc4)ccc23)[n+](C)cc1C([2H])([2H])[2H]. The second-order valence-electron chi connectivity index (χ2n) is 12.6. The Morgan fingerprint density at radius 3 is 2.32 bits per heavy atom. The van der Waals surface area contributed by atoms with Crippen molar-refractivity contribution in [1.82, 2.24) is 0 Å². The second kappa shape index (κ2) is 10.2. The van der Waals surface area contributed by atoms with E-state index < -0.39 is 19.6 Å². The Bertz CT molecular complexity index is 2040. The second-order valence-corrected chi connectivity index (χ2v) is 12.6. The van der Waals surface area contributed by atoms with Gasteiger partial charge in [-0.3, -0.25) is 0 Å². The van der Waals surface area contributed by atoms with Crippen LogP contribution in [0.5, 0.6) is 0 Å². The van der Waals surface area contributed by atoms with E-state index in [2.05, 4.69) is 0 Å². The van der Waals surface area contributed by atoms with Crippen LogP contribution in [0.15, 0.2) is 65.2 Å². The fraction of sp³-hybridized carbons (Fsp3) is 0.410. The van der Waals surface area contributed by atoms with Gasteiger partial charge in [0, 0.05) is 38.9 Å². The first-order chi connectivity index (χ1) is 23.1. The quantitative estimate of drug-likeness (QED) is 0.204. The maximum Gasteiger partial charge on any atom is 0.216 e. The van der Waals surface area contributed by atoms with Gasteiger partial charge in [0.05, 0.1) is 5.56 Å². The lowest BCUT2D eigenvalue weighted by Crippen LogP contribution is -2.31. The van der Waals surface area contributed by atoms with Gasteiger partial charge >= 0.3 is 0 Å². The van der Waals surface area contributed by atoms with Crippen LogP contribution in [0, 0.1) is 32.9 Å². The molecule has 3 aromatic carbocycles. The number of aromatic nitrogens is 1. The zero-order valence-electron chi connectivity index (χ0n) is 32.2. The predicted molar refractivity (Wildman–Crippen MR) is 171 cm³/mol. The topological polar surface area (TPSA) is 17.0 Å². The van der Waals surface area contributed by atoms with E-state index in [1.54, 1.807) is 23.9 Å². The summed E-state index contributed by atoms with van der Waals surface area (Å²) in [4.78, 5) is 0. The van der Waals surface area contributed by atoms with Crippen LogP contribution in [0.1, 0.15) is 102 Å². The van der Waals surface area contributed by atoms with Crippen molar-refractivity contribution in [3.05, 3.63) is 88.6 Å². The molecule has 2 nitrogen and oxygen atoms in total. The molecule has 0 saturated heterocycles. The Labute approximate surface area is 256 Å². The summed E-state index contributed by atoms with van der Waals surface area (Å²) in [6.45, 7) is -3.08. The summed E-state index contributed by atoms with van der Waals surface area (Å²) in [5, 5.41) is 1.45. The maximum absolute atomic E-state index is 9.40. The molecule has 2 aliphatic carbocycles. The molecular weight excluding hydrogens is 498 g/mol. The van der Waals surface area contributed by atoms with Crippen molar-refractivity contribution in [2.75, 3.05) is 0 Å². The summed E-state index contributed by atoms with van der Waals surface area (Å²) in [5.74, 6) is -0.622. The minimum atomic E-state index is -2.48. The number of hydrogen-bond donors (Lipinski definition) is 0. The molecule has 0 bridgehead atoms. The first-order valence-electron chi connectivity index (χ1n) is 19.3. The number of fused-ring (bicyclic) bond motifs is 3. The monoisotopic (exact) mass is 550 g/mol. The maximum atomic E-state index is 9.40. The van der Waals surface area contributed by atoms with Crippen LogP contribution in [0.2, 0.25) is 0 Å². The third-order valence-corrected chi connectivity index (χ3v) is 10.1. The lowest BCUT2D eigenvalue weighted by atomic mass is 9.62. The lowest BCUT2D eigenvalue weighted by molar-refractivity contribution is -0.660. The number of furan rings is 1. The van der Waals surface area contributed by atoms with E-state index in [0.717, 1.165) is 53.3 Å². The Hall–Kier alpha value is -3.39. The number of benzene rings is 3.